The van der Waals surface area contributed by atoms with Crippen molar-refractivity contribution in [1.82, 2.24) is 0 Å². The van der Waals surface area contributed by atoms with Crippen molar-refractivity contribution in [3.63, 3.8) is 0 Å². The molecule has 0 aliphatic carbocycles. The summed E-state index contributed by atoms with van der Waals surface area (Å²) in [6.45, 7) is 0. The molecule has 0 spiro atoms. The number of thiophene rings is 1. The van der Waals surface area contributed by atoms with E-state index in [2.05, 4.69) is 0 Å². The highest BCUT2D eigenvalue weighted by Crippen LogP contribution is 2.36. The Morgan fingerprint density at radius 1 is 1.33 bits per heavy atom. The number of nitrogens with zero attached hydrogens (tertiary/aromatic N) is 1. The Bertz CT molecular complexity index is 815. The summed E-state index contributed by atoms with van der Waals surface area (Å²) in [4.78, 5) is 0.758. The molecule has 2 rings (SSSR count). The van der Waals surface area contributed by atoms with Gasteiger partial charge in [0.15, 0.2) is 9.84 Å². The third-order valence-electron chi connectivity index (χ3n) is 2.48. The molecule has 0 bridgehead atoms. The number of halogens is 1. The maximum atomic E-state index is 11.5. The molecule has 21 heavy (non-hydrogen) atoms. The van der Waals surface area contributed by atoms with Crippen molar-refractivity contribution in [3.05, 3.63) is 51.2 Å². The zero-order chi connectivity index (χ0) is 15.5. The molecule has 0 amide bonds. The summed E-state index contributed by atoms with van der Waals surface area (Å²) in [5, 5.41) is 11.5. The van der Waals surface area contributed by atoms with Crippen molar-refractivity contribution in [2.75, 3.05) is 6.26 Å². The lowest BCUT2D eigenvalue weighted by Crippen LogP contribution is -1.98. The Balaban J connectivity index is 2.33. The largest absolute Gasteiger partial charge is 0.223 e. The minimum Gasteiger partial charge on any atom is -0.223 e. The number of hydrogen-bond acceptors (Lipinski definition) is 5. The van der Waals surface area contributed by atoms with Crippen LogP contribution in [-0.4, -0.2) is 14.7 Å². The summed E-state index contributed by atoms with van der Waals surface area (Å²) in [5.74, 6) is 0. The van der Waals surface area contributed by atoms with Crippen LogP contribution < -0.4 is 0 Å². The Kier molecular flexibility index (Phi) is 5.12. The van der Waals surface area contributed by atoms with Crippen LogP contribution in [0.5, 0.6) is 0 Å². The molecule has 0 N–H and O–H groups in total. The Labute approximate surface area is 136 Å². The summed E-state index contributed by atoms with van der Waals surface area (Å²) >= 11 is 8.84. The fraction of sp³-hybridized carbons (Fsp3) is 0.0714. The lowest BCUT2D eigenvalue weighted by atomic mass is 10.3. The second-order valence-electron chi connectivity index (χ2n) is 4.11. The topological polar surface area (TPSA) is 57.9 Å². The third-order valence-corrected chi connectivity index (χ3v) is 5.93. The van der Waals surface area contributed by atoms with Gasteiger partial charge in [0.05, 0.1) is 4.21 Å². The number of hydrogen-bond donors (Lipinski definition) is 0. The molecule has 1 aromatic heterocycles. The molecule has 3 nitrogen and oxygen atoms in total. The van der Waals surface area contributed by atoms with Gasteiger partial charge in [-0.2, -0.15) is 5.26 Å². The van der Waals surface area contributed by atoms with E-state index >= 15 is 0 Å². The second kappa shape index (κ2) is 6.67. The maximum absolute atomic E-state index is 11.5. The predicted molar refractivity (Wildman–Crippen MR) is 88.3 cm³/mol. The normalized spacial score (nSPS) is 12.1. The van der Waals surface area contributed by atoms with Gasteiger partial charge in [-0.25, -0.2) is 8.42 Å². The first-order chi connectivity index (χ1) is 9.90. The van der Waals surface area contributed by atoms with Crippen LogP contribution in [0.2, 0.25) is 5.02 Å². The van der Waals surface area contributed by atoms with Crippen molar-refractivity contribution >= 4 is 50.6 Å². The fourth-order valence-corrected chi connectivity index (χ4v) is 4.08. The summed E-state index contributed by atoms with van der Waals surface area (Å²) < 4.78 is 23.9. The van der Waals surface area contributed by atoms with Crippen LogP contribution in [0.3, 0.4) is 0 Å². The summed E-state index contributed by atoms with van der Waals surface area (Å²) in [6, 6.07) is 10.9. The molecule has 0 saturated carbocycles. The summed E-state index contributed by atoms with van der Waals surface area (Å²) in [7, 11) is -3.51. The molecular formula is C14H10ClNO2S3. The van der Waals surface area contributed by atoms with Crippen LogP contribution in [0.4, 0.5) is 0 Å². The monoisotopic (exact) mass is 355 g/mol. The highest BCUT2D eigenvalue weighted by Gasteiger charge is 2.13. The van der Waals surface area contributed by atoms with Crippen molar-refractivity contribution in [1.29, 1.82) is 5.26 Å². The van der Waals surface area contributed by atoms with Gasteiger partial charge in [0, 0.05) is 21.7 Å². The van der Waals surface area contributed by atoms with Gasteiger partial charge in [0.25, 0.3) is 0 Å². The van der Waals surface area contributed by atoms with E-state index in [0.717, 1.165) is 20.9 Å². The minimum absolute atomic E-state index is 0.237. The predicted octanol–water partition coefficient (Wildman–Crippen LogP) is 4.46. The number of sulfone groups is 1. The molecule has 0 saturated heterocycles. The smallest absolute Gasteiger partial charge is 0.185 e. The fourth-order valence-electron chi connectivity index (χ4n) is 1.47. The van der Waals surface area contributed by atoms with Crippen LogP contribution in [0.1, 0.15) is 5.56 Å². The highest BCUT2D eigenvalue weighted by molar-refractivity contribution is 8.01. The van der Waals surface area contributed by atoms with E-state index in [1.807, 2.05) is 17.5 Å². The van der Waals surface area contributed by atoms with Crippen LogP contribution in [0, 0.1) is 11.3 Å². The van der Waals surface area contributed by atoms with E-state index in [4.69, 9.17) is 16.9 Å². The van der Waals surface area contributed by atoms with Crippen LogP contribution >= 0.6 is 34.7 Å². The van der Waals surface area contributed by atoms with E-state index in [0.29, 0.717) is 5.02 Å². The van der Waals surface area contributed by atoms with E-state index in [-0.39, 0.29) is 4.91 Å². The lowest BCUT2D eigenvalue weighted by Gasteiger charge is -2.01. The molecule has 1 aromatic carbocycles. The number of rotatable bonds is 4. The molecule has 0 aliphatic heterocycles. The van der Waals surface area contributed by atoms with E-state index in [9.17, 15) is 8.42 Å². The highest BCUT2D eigenvalue weighted by atomic mass is 35.5. The van der Waals surface area contributed by atoms with Crippen LogP contribution in [0.15, 0.2) is 49.7 Å². The zero-order valence-corrected chi connectivity index (χ0v) is 14.1. The first-order valence-corrected chi connectivity index (χ1v) is 9.69. The van der Waals surface area contributed by atoms with Gasteiger partial charge >= 0.3 is 0 Å². The standard InChI is InChI=1S/C14H10ClNO2S3/c1-21(17,18)13(9-16)8-10-6-7-19-14(10)20-12-4-2-11(15)3-5-12/h2-8H,1H3/b13-8-. The van der Waals surface area contributed by atoms with Gasteiger partial charge in [-0.05, 0) is 41.8 Å². The van der Waals surface area contributed by atoms with Crippen LogP contribution in [-0.2, 0) is 9.84 Å². The van der Waals surface area contributed by atoms with Crippen molar-refractivity contribution in [2.45, 2.75) is 9.10 Å². The van der Waals surface area contributed by atoms with Gasteiger partial charge in [0.1, 0.15) is 11.0 Å². The SMILES string of the molecule is CS(=O)(=O)/C(C#N)=C\c1ccsc1Sc1ccc(Cl)cc1. The molecule has 2 aromatic rings. The van der Waals surface area contributed by atoms with E-state index in [1.165, 1.54) is 29.2 Å². The maximum Gasteiger partial charge on any atom is 0.185 e. The van der Waals surface area contributed by atoms with Gasteiger partial charge in [0.2, 0.25) is 0 Å². The molecule has 0 unspecified atom stereocenters. The van der Waals surface area contributed by atoms with Gasteiger partial charge < -0.3 is 0 Å². The van der Waals surface area contributed by atoms with Gasteiger partial charge in [-0.3, -0.25) is 0 Å². The van der Waals surface area contributed by atoms with E-state index in [1.54, 1.807) is 24.3 Å². The average Bonchev–Trinajstić information content (AvgIpc) is 2.84. The molecule has 1 heterocycles. The molecule has 0 fully saturated rings. The molecular weight excluding hydrogens is 346 g/mol. The minimum atomic E-state index is -3.51. The van der Waals surface area contributed by atoms with Crippen molar-refractivity contribution in [3.8, 4) is 6.07 Å². The molecule has 0 aliphatic rings. The first kappa shape index (κ1) is 16.1. The number of nitriles is 1. The molecule has 0 atom stereocenters. The zero-order valence-electron chi connectivity index (χ0n) is 10.9. The summed E-state index contributed by atoms with van der Waals surface area (Å²) in [5.41, 5.74) is 0.724. The van der Waals surface area contributed by atoms with Gasteiger partial charge in [-0.15, -0.1) is 11.3 Å². The number of benzene rings is 1. The average molecular weight is 356 g/mol. The first-order valence-electron chi connectivity index (χ1n) is 5.73. The Morgan fingerprint density at radius 3 is 2.57 bits per heavy atom. The quantitative estimate of drug-likeness (QED) is 0.759. The van der Waals surface area contributed by atoms with Crippen molar-refractivity contribution < 1.29 is 8.42 Å². The summed E-state index contributed by atoms with van der Waals surface area (Å²) in [6.07, 6.45) is 2.44. The Hall–Kier alpha value is -1.26. The lowest BCUT2D eigenvalue weighted by molar-refractivity contribution is 0.609. The van der Waals surface area contributed by atoms with E-state index < -0.39 is 9.84 Å². The number of allylic oxidation sites excluding steroid dienone is 1. The third kappa shape index (κ3) is 4.35. The van der Waals surface area contributed by atoms with Crippen LogP contribution in [0.25, 0.3) is 6.08 Å². The second-order valence-corrected chi connectivity index (χ2v) is 8.79. The van der Waals surface area contributed by atoms with Crippen molar-refractivity contribution in [2.24, 2.45) is 0 Å². The Morgan fingerprint density at radius 2 is 2.00 bits per heavy atom. The molecule has 108 valence electrons. The molecule has 0 radical (unpaired) electrons. The van der Waals surface area contributed by atoms with Gasteiger partial charge in [-0.1, -0.05) is 23.4 Å². The molecule has 7 heteroatoms.